The average molecular weight is 535 g/mol. The topological polar surface area (TPSA) is 94.9 Å². The largest absolute Gasteiger partial charge is 0.345 e. The fraction of sp³-hybridized carbons (Fsp3) is 0.0588. The first-order valence-electron chi connectivity index (χ1n) is 7.59. The molecule has 0 atom stereocenters. The molecule has 0 saturated carbocycles. The zero-order valence-electron chi connectivity index (χ0n) is 13.7. The summed E-state index contributed by atoms with van der Waals surface area (Å²) < 4.78 is 40.1. The maximum Gasteiger partial charge on any atom is 0.345 e. The molecule has 2 N–H and O–H groups in total. The van der Waals surface area contributed by atoms with E-state index >= 15 is 0 Å². The Morgan fingerprint density at radius 2 is 1.52 bits per heavy atom. The third-order valence-corrected chi connectivity index (χ3v) is 7.27. The molecule has 0 heterocycles. The Kier molecular flexibility index (Phi) is 5.82. The van der Waals surface area contributed by atoms with Crippen LogP contribution in [0.15, 0.2) is 74.5 Å². The molecule has 0 fully saturated rings. The van der Waals surface area contributed by atoms with Gasteiger partial charge in [-0.2, -0.15) is 0 Å². The number of benzene rings is 3. The van der Waals surface area contributed by atoms with Gasteiger partial charge in [0.1, 0.15) is 6.29 Å². The van der Waals surface area contributed by atoms with Gasteiger partial charge < -0.3 is 9.79 Å². The van der Waals surface area contributed by atoms with Crippen molar-refractivity contribution >= 4 is 65.9 Å². The van der Waals surface area contributed by atoms with Crippen molar-refractivity contribution in [3.05, 3.63) is 69.6 Å². The van der Waals surface area contributed by atoms with Gasteiger partial charge in [-0.3, -0.25) is 8.87 Å². The first-order valence-corrected chi connectivity index (χ1v) is 12.4. The predicted octanol–water partition coefficient (Wildman–Crippen LogP) is 4.70. The third kappa shape index (κ3) is 4.62. The minimum absolute atomic E-state index is 0.0925. The second kappa shape index (κ2) is 7.66. The zero-order chi connectivity index (χ0) is 19.8. The van der Waals surface area contributed by atoms with Crippen LogP contribution >= 0.6 is 39.5 Å². The van der Waals surface area contributed by atoms with Crippen LogP contribution in [0, 0.1) is 0 Å². The van der Waals surface area contributed by atoms with E-state index in [1.807, 2.05) is 0 Å². The van der Waals surface area contributed by atoms with Crippen LogP contribution in [0.25, 0.3) is 10.8 Å². The second-order valence-electron chi connectivity index (χ2n) is 5.76. The summed E-state index contributed by atoms with van der Waals surface area (Å²) in [5.41, 5.74) is 0.201. The minimum atomic E-state index is -4.68. The van der Waals surface area contributed by atoms with Crippen molar-refractivity contribution in [3.63, 3.8) is 0 Å². The highest BCUT2D eigenvalue weighted by molar-refractivity contribution is 9.11. The van der Waals surface area contributed by atoms with E-state index in [2.05, 4.69) is 31.9 Å². The van der Waals surface area contributed by atoms with Gasteiger partial charge in [0.2, 0.25) is 0 Å². The molecule has 0 saturated heterocycles. The number of sulfonamides is 1. The van der Waals surface area contributed by atoms with Gasteiger partial charge in [-0.15, -0.1) is 0 Å². The quantitative estimate of drug-likeness (QED) is 0.463. The van der Waals surface area contributed by atoms with Gasteiger partial charge in [-0.05, 0) is 29.7 Å². The van der Waals surface area contributed by atoms with Gasteiger partial charge in [0.25, 0.3) is 10.0 Å². The van der Waals surface area contributed by atoms with Crippen LogP contribution in [0.2, 0.25) is 0 Å². The fourth-order valence-electron chi connectivity index (χ4n) is 2.68. The fourth-order valence-corrected chi connectivity index (χ4v) is 7.05. The van der Waals surface area contributed by atoms with E-state index < -0.39 is 23.9 Å². The summed E-state index contributed by atoms with van der Waals surface area (Å²) in [5.74, 6) is 0. The summed E-state index contributed by atoms with van der Waals surface area (Å²) in [6, 6.07) is 16.5. The summed E-state index contributed by atoms with van der Waals surface area (Å²) in [4.78, 5) is 19.0. The maximum atomic E-state index is 13.3. The number of rotatable bonds is 5. The highest BCUT2D eigenvalue weighted by atomic mass is 79.9. The van der Waals surface area contributed by atoms with Crippen LogP contribution in [0.3, 0.4) is 0 Å². The average Bonchev–Trinajstić information content (AvgIpc) is 2.57. The lowest BCUT2D eigenvalue weighted by Crippen LogP contribution is -2.32. The highest BCUT2D eigenvalue weighted by Crippen LogP contribution is 2.41. The number of nitrogens with zero attached hydrogens (tertiary/aromatic N) is 1. The van der Waals surface area contributed by atoms with Crippen LogP contribution in [0.4, 0.5) is 5.69 Å². The molecule has 0 aliphatic carbocycles. The Hall–Kier alpha value is -1.22. The Labute approximate surface area is 173 Å². The van der Waals surface area contributed by atoms with Crippen LogP contribution in [-0.2, 0) is 14.6 Å². The van der Waals surface area contributed by atoms with E-state index in [-0.39, 0.29) is 10.6 Å². The van der Waals surface area contributed by atoms with E-state index in [4.69, 9.17) is 0 Å². The third-order valence-electron chi connectivity index (χ3n) is 3.77. The molecule has 0 aliphatic heterocycles. The van der Waals surface area contributed by atoms with Crippen LogP contribution in [-0.4, -0.2) is 24.5 Å². The molecule has 0 aromatic heterocycles. The maximum absolute atomic E-state index is 13.3. The lowest BCUT2D eigenvalue weighted by Gasteiger charge is -2.26. The van der Waals surface area contributed by atoms with E-state index in [1.54, 1.807) is 42.5 Å². The van der Waals surface area contributed by atoms with Crippen LogP contribution < -0.4 is 4.31 Å². The first kappa shape index (κ1) is 20.5. The molecule has 10 heteroatoms. The van der Waals surface area contributed by atoms with Gasteiger partial charge >= 0.3 is 7.60 Å². The lowest BCUT2D eigenvalue weighted by atomic mass is 10.1. The summed E-state index contributed by atoms with van der Waals surface area (Å²) in [7, 11) is -8.93. The van der Waals surface area contributed by atoms with E-state index in [0.29, 0.717) is 14.3 Å². The molecule has 0 amide bonds. The van der Waals surface area contributed by atoms with E-state index in [0.717, 1.165) is 9.69 Å². The van der Waals surface area contributed by atoms with Gasteiger partial charge in [0, 0.05) is 14.3 Å². The standard InChI is InChI=1S/C17H14Br2NO5PS/c18-13-8-14(19)10-15(9-13)27(24,25)20(11-26(21,22)23)17-7-3-5-12-4-1-2-6-16(12)17/h1-10H,11H2,(H2,21,22,23). The van der Waals surface area contributed by atoms with Crippen molar-refractivity contribution in [2.24, 2.45) is 0 Å². The predicted molar refractivity (Wildman–Crippen MR) is 112 cm³/mol. The Bertz CT molecular complexity index is 1140. The number of anilines is 1. The molecule has 0 radical (unpaired) electrons. The highest BCUT2D eigenvalue weighted by Gasteiger charge is 2.32. The monoisotopic (exact) mass is 533 g/mol. The van der Waals surface area contributed by atoms with Gasteiger partial charge in [0.05, 0.1) is 10.6 Å². The molecule has 27 heavy (non-hydrogen) atoms. The van der Waals surface area contributed by atoms with Crippen molar-refractivity contribution in [2.45, 2.75) is 4.90 Å². The molecular weight excluding hydrogens is 521 g/mol. The molecule has 3 aromatic carbocycles. The lowest BCUT2D eigenvalue weighted by molar-refractivity contribution is 0.373. The smallest absolute Gasteiger partial charge is 0.323 e. The number of hydrogen-bond acceptors (Lipinski definition) is 3. The van der Waals surface area contributed by atoms with E-state index in [1.165, 1.54) is 18.2 Å². The molecule has 3 aromatic rings. The normalized spacial score (nSPS) is 12.3. The van der Waals surface area contributed by atoms with Gasteiger partial charge in [-0.25, -0.2) is 8.42 Å². The molecule has 0 bridgehead atoms. The van der Waals surface area contributed by atoms with Crippen molar-refractivity contribution in [1.82, 2.24) is 0 Å². The summed E-state index contributed by atoms with van der Waals surface area (Å²) in [6.45, 7) is 0. The molecule has 142 valence electrons. The van der Waals surface area contributed by atoms with E-state index in [9.17, 15) is 22.8 Å². The number of halogens is 2. The number of hydrogen-bond donors (Lipinski definition) is 2. The Morgan fingerprint density at radius 3 is 2.15 bits per heavy atom. The van der Waals surface area contributed by atoms with Crippen molar-refractivity contribution in [2.75, 3.05) is 10.6 Å². The molecule has 0 spiro atoms. The molecule has 0 aliphatic rings. The van der Waals surface area contributed by atoms with Crippen molar-refractivity contribution in [3.8, 4) is 0 Å². The van der Waals surface area contributed by atoms with Gasteiger partial charge in [0.15, 0.2) is 0 Å². The van der Waals surface area contributed by atoms with Crippen molar-refractivity contribution in [1.29, 1.82) is 0 Å². The molecule has 0 unspecified atom stereocenters. The Balaban J connectivity index is 2.26. The summed E-state index contributed by atoms with van der Waals surface area (Å²) in [5, 5.41) is 1.34. The molecule has 6 nitrogen and oxygen atoms in total. The summed E-state index contributed by atoms with van der Waals surface area (Å²) in [6.07, 6.45) is -0.965. The van der Waals surface area contributed by atoms with Crippen LogP contribution in [0.5, 0.6) is 0 Å². The summed E-state index contributed by atoms with van der Waals surface area (Å²) >= 11 is 6.49. The second-order valence-corrected chi connectivity index (χ2v) is 11.1. The zero-order valence-corrected chi connectivity index (χ0v) is 18.5. The first-order chi connectivity index (χ1) is 12.6. The van der Waals surface area contributed by atoms with Crippen molar-refractivity contribution < 1.29 is 22.8 Å². The Morgan fingerprint density at radius 1 is 0.926 bits per heavy atom. The van der Waals surface area contributed by atoms with Crippen LogP contribution in [0.1, 0.15) is 0 Å². The van der Waals surface area contributed by atoms with Gasteiger partial charge in [-0.1, -0.05) is 68.3 Å². The molecule has 3 rings (SSSR count). The number of fused-ring (bicyclic) bond motifs is 1. The SMILES string of the molecule is O=P(O)(O)CN(c1cccc2ccccc12)S(=O)(=O)c1cc(Br)cc(Br)c1. The minimum Gasteiger partial charge on any atom is -0.323 e. The molecular formula is C17H14Br2NO5PS.